The molecule has 1 fully saturated rings. The van der Waals surface area contributed by atoms with Gasteiger partial charge in [-0.3, -0.25) is 9.36 Å². The van der Waals surface area contributed by atoms with Crippen molar-refractivity contribution in [2.45, 2.75) is 71.1 Å². The highest BCUT2D eigenvalue weighted by Crippen LogP contribution is 2.36. The molecule has 39 heavy (non-hydrogen) atoms. The quantitative estimate of drug-likeness (QED) is 0.314. The zero-order valence-electron chi connectivity index (χ0n) is 23.6. The van der Waals surface area contributed by atoms with E-state index in [0.29, 0.717) is 29.1 Å². The summed E-state index contributed by atoms with van der Waals surface area (Å²) in [5.74, 6) is 0.642. The molecule has 3 aromatic rings. The van der Waals surface area contributed by atoms with Crippen LogP contribution < -0.4 is 5.32 Å². The van der Waals surface area contributed by atoms with Crippen LogP contribution in [0.3, 0.4) is 0 Å². The highest BCUT2D eigenvalue weighted by Gasteiger charge is 2.30. The Bertz CT molecular complexity index is 1230. The molecule has 0 unspecified atom stereocenters. The van der Waals surface area contributed by atoms with E-state index in [1.54, 1.807) is 12.1 Å². The van der Waals surface area contributed by atoms with Crippen molar-refractivity contribution >= 4 is 29.7 Å². The van der Waals surface area contributed by atoms with Gasteiger partial charge in [0, 0.05) is 23.3 Å². The first-order valence-corrected chi connectivity index (χ1v) is 13.9. The van der Waals surface area contributed by atoms with Crippen LogP contribution in [0.25, 0.3) is 5.69 Å². The van der Waals surface area contributed by atoms with Gasteiger partial charge in [-0.2, -0.15) is 0 Å². The van der Waals surface area contributed by atoms with Crippen LogP contribution in [0.2, 0.25) is 10.0 Å². The molecule has 0 saturated carbocycles. The van der Waals surface area contributed by atoms with Gasteiger partial charge in [-0.05, 0) is 95.7 Å². The number of likely N-dealkylation sites (tertiary alicyclic amines) is 1. The summed E-state index contributed by atoms with van der Waals surface area (Å²) in [4.78, 5) is 16.7. The lowest BCUT2D eigenvalue weighted by Gasteiger charge is -2.30. The van der Waals surface area contributed by atoms with Crippen LogP contribution in [0.1, 0.15) is 64.5 Å². The number of imidazole rings is 1. The Labute approximate surface area is 241 Å². The van der Waals surface area contributed by atoms with Crippen LogP contribution in [0.5, 0.6) is 0 Å². The molecular weight excluding hydrogens is 538 g/mol. The van der Waals surface area contributed by atoms with Gasteiger partial charge in [0.1, 0.15) is 17.2 Å². The Morgan fingerprint density at radius 2 is 1.69 bits per heavy atom. The Balaban J connectivity index is 0.000000532. The fourth-order valence-corrected chi connectivity index (χ4v) is 4.76. The van der Waals surface area contributed by atoms with Crippen molar-refractivity contribution in [3.8, 4) is 5.69 Å². The minimum absolute atomic E-state index is 0.259. The first kappa shape index (κ1) is 31.1. The smallest absolute Gasteiger partial charge is 0.293 e. The Hall–Kier alpha value is -2.45. The maximum absolute atomic E-state index is 13.7. The maximum atomic E-state index is 13.7. The van der Waals surface area contributed by atoms with Crippen LogP contribution in [0, 0.1) is 5.82 Å². The molecule has 0 spiro atoms. The predicted molar refractivity (Wildman–Crippen MR) is 156 cm³/mol. The van der Waals surface area contributed by atoms with E-state index < -0.39 is 5.41 Å². The minimum atomic E-state index is -0.401. The van der Waals surface area contributed by atoms with Gasteiger partial charge in [-0.25, -0.2) is 9.37 Å². The number of nitrogens with one attached hydrogen (secondary N) is 1. The summed E-state index contributed by atoms with van der Waals surface area (Å²) < 4.78 is 20.3. The van der Waals surface area contributed by atoms with Crippen LogP contribution in [-0.2, 0) is 21.5 Å². The summed E-state index contributed by atoms with van der Waals surface area (Å²) in [7, 11) is 2.16. The molecule has 1 saturated heterocycles. The number of nitrogens with zero attached hydrogens (tertiary/aromatic N) is 3. The normalized spacial score (nSPS) is 15.0. The van der Waals surface area contributed by atoms with Crippen molar-refractivity contribution in [2.75, 3.05) is 20.1 Å². The summed E-state index contributed by atoms with van der Waals surface area (Å²) in [6.45, 7) is 13.0. The fourth-order valence-electron chi connectivity index (χ4n) is 4.46. The van der Waals surface area contributed by atoms with Gasteiger partial charge in [0.05, 0.1) is 22.3 Å². The lowest BCUT2D eigenvalue weighted by molar-refractivity contribution is -0.138. The highest BCUT2D eigenvalue weighted by atomic mass is 35.5. The van der Waals surface area contributed by atoms with Crippen LogP contribution in [-0.4, -0.2) is 52.7 Å². The number of carbonyl (C=O) groups excluding carboxylic acids is 1. The van der Waals surface area contributed by atoms with Gasteiger partial charge in [0.25, 0.3) is 6.47 Å². The van der Waals surface area contributed by atoms with Gasteiger partial charge in [0.2, 0.25) is 0 Å². The van der Waals surface area contributed by atoms with E-state index in [-0.39, 0.29) is 11.4 Å². The van der Waals surface area contributed by atoms with Crippen molar-refractivity contribution in [2.24, 2.45) is 0 Å². The number of benzene rings is 2. The number of carbonyl (C=O) groups is 1. The topological polar surface area (TPSA) is 59.4 Å². The molecule has 0 atom stereocenters. The fraction of sp³-hybridized carbons (Fsp3) is 0.467. The zero-order chi connectivity index (χ0) is 28.8. The van der Waals surface area contributed by atoms with Crippen LogP contribution >= 0.6 is 23.2 Å². The summed E-state index contributed by atoms with van der Waals surface area (Å²) in [5.41, 5.74) is 2.20. The first-order valence-electron chi connectivity index (χ1n) is 13.1. The van der Waals surface area contributed by atoms with Gasteiger partial charge < -0.3 is 15.0 Å². The van der Waals surface area contributed by atoms with Gasteiger partial charge in [-0.15, -0.1) is 0 Å². The van der Waals surface area contributed by atoms with E-state index in [1.165, 1.54) is 12.1 Å². The molecule has 4 rings (SSSR count). The molecule has 1 aliphatic rings. The van der Waals surface area contributed by atoms with E-state index in [0.717, 1.165) is 48.7 Å². The summed E-state index contributed by atoms with van der Waals surface area (Å²) in [5, 5.41) is 4.73. The third kappa shape index (κ3) is 8.52. The summed E-state index contributed by atoms with van der Waals surface area (Å²) >= 11 is 12.5. The average molecular weight is 578 g/mol. The van der Waals surface area contributed by atoms with E-state index in [9.17, 15) is 9.18 Å². The Kier molecular flexibility index (Phi) is 10.6. The van der Waals surface area contributed by atoms with E-state index in [4.69, 9.17) is 28.2 Å². The number of halogens is 3. The highest BCUT2D eigenvalue weighted by molar-refractivity contribution is 6.42. The van der Waals surface area contributed by atoms with E-state index in [2.05, 4.69) is 40.4 Å². The molecule has 0 radical (unpaired) electrons. The largest absolute Gasteiger partial charge is 0.462 e. The summed E-state index contributed by atoms with van der Waals surface area (Å²) in [6, 6.07) is 12.8. The molecule has 0 amide bonds. The number of hydrogen-bond donors (Lipinski definition) is 1. The summed E-state index contributed by atoms with van der Waals surface area (Å²) in [6.07, 6.45) is 4.16. The number of hydrogen-bond acceptors (Lipinski definition) is 5. The number of piperidine rings is 1. The van der Waals surface area contributed by atoms with Crippen molar-refractivity contribution in [3.05, 3.63) is 81.6 Å². The standard InChI is InChI=1S/C25H29Cl2FN4.C5H10O2/c1-25(2,17-4-9-21(26)22(27)14-17)23-15-30-24(16-29-19-10-12-31(3)13-11-19)32(23)20-7-5-18(28)6-8-20;1-5(2,3)7-4-6/h4-9,14-15,19,29H,10-13,16H2,1-3H3;4H,1-3H3. The van der Waals surface area contributed by atoms with Crippen molar-refractivity contribution in [3.63, 3.8) is 0 Å². The minimum Gasteiger partial charge on any atom is -0.462 e. The molecular formula is C30H39Cl2FN4O2. The van der Waals surface area contributed by atoms with Gasteiger partial charge in [0.15, 0.2) is 0 Å². The molecule has 9 heteroatoms. The molecule has 0 aliphatic carbocycles. The van der Waals surface area contributed by atoms with Crippen molar-refractivity contribution in [1.29, 1.82) is 0 Å². The number of rotatable bonds is 7. The third-order valence-corrected chi connectivity index (χ3v) is 7.61. The molecule has 0 bridgehead atoms. The number of aromatic nitrogens is 2. The van der Waals surface area contributed by atoms with Gasteiger partial charge >= 0.3 is 0 Å². The second-order valence-corrected chi connectivity index (χ2v) is 12.2. The van der Waals surface area contributed by atoms with Gasteiger partial charge in [-0.1, -0.05) is 43.1 Å². The van der Waals surface area contributed by atoms with Crippen molar-refractivity contribution in [1.82, 2.24) is 19.8 Å². The van der Waals surface area contributed by atoms with E-state index in [1.807, 2.05) is 45.2 Å². The SMILES string of the molecule is CC(C)(C)OC=O.CN1CCC(NCc2ncc(C(C)(C)c3ccc(Cl)c(Cl)c3)n2-c2ccc(F)cc2)CC1. The molecule has 1 N–H and O–H groups in total. The molecule has 1 aliphatic heterocycles. The molecule has 212 valence electrons. The van der Waals surface area contributed by atoms with E-state index >= 15 is 0 Å². The predicted octanol–water partition coefficient (Wildman–Crippen LogP) is 6.79. The Morgan fingerprint density at radius 1 is 1.05 bits per heavy atom. The monoisotopic (exact) mass is 576 g/mol. The first-order chi connectivity index (χ1) is 18.3. The lowest BCUT2D eigenvalue weighted by Crippen LogP contribution is -2.40. The average Bonchev–Trinajstić information content (AvgIpc) is 3.30. The second kappa shape index (κ2) is 13.3. The van der Waals surface area contributed by atoms with Crippen molar-refractivity contribution < 1.29 is 13.9 Å². The van der Waals surface area contributed by atoms with Crippen LogP contribution in [0.4, 0.5) is 4.39 Å². The number of ether oxygens (including phenoxy) is 1. The zero-order valence-corrected chi connectivity index (χ0v) is 25.1. The lowest BCUT2D eigenvalue weighted by atomic mass is 9.81. The molecule has 2 aromatic carbocycles. The molecule has 6 nitrogen and oxygen atoms in total. The Morgan fingerprint density at radius 3 is 2.23 bits per heavy atom. The third-order valence-electron chi connectivity index (χ3n) is 6.87. The molecule has 1 aromatic heterocycles. The maximum Gasteiger partial charge on any atom is 0.293 e. The van der Waals surface area contributed by atoms with Crippen LogP contribution in [0.15, 0.2) is 48.7 Å². The second-order valence-electron chi connectivity index (χ2n) is 11.4. The molecule has 2 heterocycles.